The van der Waals surface area contributed by atoms with Crippen molar-refractivity contribution in [2.24, 2.45) is 11.5 Å². The van der Waals surface area contributed by atoms with Crippen molar-refractivity contribution in [3.63, 3.8) is 0 Å². The number of aromatic nitrogens is 1. The van der Waals surface area contributed by atoms with E-state index in [1.165, 1.54) is 18.3 Å². The lowest BCUT2D eigenvalue weighted by atomic mass is 10.2. The van der Waals surface area contributed by atoms with E-state index in [0.717, 1.165) is 0 Å². The Kier molecular flexibility index (Phi) is 4.33. The van der Waals surface area contributed by atoms with Crippen molar-refractivity contribution >= 4 is 23.5 Å². The second kappa shape index (κ2) is 5.73. The molecule has 0 bridgehead atoms. The number of nitrogens with zero attached hydrogens (tertiary/aromatic N) is 1. The Morgan fingerprint density at radius 2 is 2.06 bits per heavy atom. The van der Waals surface area contributed by atoms with E-state index in [4.69, 9.17) is 16.6 Å². The van der Waals surface area contributed by atoms with Gasteiger partial charge in [-0.15, -0.1) is 0 Å². The lowest BCUT2D eigenvalue weighted by molar-refractivity contribution is -0.123. The predicted octanol–water partition coefficient (Wildman–Crippen LogP) is -1.08. The molecule has 1 aromatic heterocycles. The van der Waals surface area contributed by atoms with Crippen molar-refractivity contribution in [1.29, 1.82) is 0 Å². The second-order valence-corrected chi connectivity index (χ2v) is 3.50. The fourth-order valence-electron chi connectivity index (χ4n) is 1.14. The van der Waals surface area contributed by atoms with Crippen molar-refractivity contribution in [3.05, 3.63) is 24.0 Å². The van der Waals surface area contributed by atoms with E-state index in [2.05, 4.69) is 10.3 Å². The molecule has 0 saturated heterocycles. The van der Waals surface area contributed by atoms with Gasteiger partial charge in [-0.2, -0.15) is 0 Å². The number of carbonyl (C=O) groups excluding carboxylic acids is 2. The Morgan fingerprint density at radius 3 is 2.50 bits per heavy atom. The number of hydrogen-bond acceptors (Lipinski definition) is 5. The van der Waals surface area contributed by atoms with E-state index in [1.807, 2.05) is 0 Å². The molecule has 0 aliphatic heterocycles. The number of carbonyl (C=O) groups is 3. The topological polar surface area (TPSA) is 148 Å². The first kappa shape index (κ1) is 13.6. The third-order valence-electron chi connectivity index (χ3n) is 2.01. The normalized spacial score (nSPS) is 11.6. The van der Waals surface area contributed by atoms with Gasteiger partial charge in [0.2, 0.25) is 11.8 Å². The molecule has 0 aliphatic carbocycles. The Labute approximate surface area is 102 Å². The minimum Gasteiger partial charge on any atom is -0.477 e. The summed E-state index contributed by atoms with van der Waals surface area (Å²) in [6.45, 7) is 0. The third-order valence-corrected chi connectivity index (χ3v) is 2.01. The van der Waals surface area contributed by atoms with Crippen LogP contribution in [0.3, 0.4) is 0 Å². The molecule has 0 aromatic carbocycles. The van der Waals surface area contributed by atoms with Gasteiger partial charge in [0.15, 0.2) is 0 Å². The molecule has 8 heteroatoms. The van der Waals surface area contributed by atoms with Crippen molar-refractivity contribution < 1.29 is 19.5 Å². The van der Waals surface area contributed by atoms with E-state index < -0.39 is 23.8 Å². The number of carboxylic acids is 1. The highest BCUT2D eigenvalue weighted by molar-refractivity contribution is 5.97. The maximum Gasteiger partial charge on any atom is 0.354 e. The zero-order valence-electron chi connectivity index (χ0n) is 9.29. The van der Waals surface area contributed by atoms with Crippen LogP contribution in [0.2, 0.25) is 0 Å². The number of nitrogens with one attached hydrogen (secondary N) is 1. The van der Waals surface area contributed by atoms with E-state index in [-0.39, 0.29) is 17.8 Å². The Balaban J connectivity index is 2.64. The number of carboxylic acid groups (broad SMARTS) is 1. The number of amides is 2. The molecular formula is C10H12N4O4. The summed E-state index contributed by atoms with van der Waals surface area (Å²) in [4.78, 5) is 36.2. The van der Waals surface area contributed by atoms with E-state index in [1.54, 1.807) is 0 Å². The molecule has 2 amide bonds. The second-order valence-electron chi connectivity index (χ2n) is 3.50. The summed E-state index contributed by atoms with van der Waals surface area (Å²) in [5.74, 6) is -2.45. The summed E-state index contributed by atoms with van der Waals surface area (Å²) in [6.07, 6.45) is 0.908. The minimum absolute atomic E-state index is 0.144. The van der Waals surface area contributed by atoms with Gasteiger partial charge in [0.25, 0.3) is 0 Å². The first-order chi connectivity index (χ1) is 8.40. The molecule has 0 saturated carbocycles. The van der Waals surface area contributed by atoms with E-state index >= 15 is 0 Å². The zero-order chi connectivity index (χ0) is 13.7. The fourth-order valence-corrected chi connectivity index (χ4v) is 1.14. The molecule has 1 unspecified atom stereocenters. The highest BCUT2D eigenvalue weighted by Gasteiger charge is 2.16. The summed E-state index contributed by atoms with van der Waals surface area (Å²) in [6, 6.07) is 1.55. The fraction of sp³-hybridized carbons (Fsp3) is 0.200. The molecule has 6 N–H and O–H groups in total. The number of primary amides is 1. The van der Waals surface area contributed by atoms with Crippen LogP contribution < -0.4 is 16.8 Å². The summed E-state index contributed by atoms with van der Waals surface area (Å²) in [5, 5.41) is 11.0. The van der Waals surface area contributed by atoms with Crippen LogP contribution >= 0.6 is 0 Å². The van der Waals surface area contributed by atoms with Crippen molar-refractivity contribution in [1.82, 2.24) is 4.98 Å². The maximum atomic E-state index is 11.5. The molecule has 0 radical (unpaired) electrons. The summed E-state index contributed by atoms with van der Waals surface area (Å²) in [5.41, 5.74) is 10.5. The van der Waals surface area contributed by atoms with Crippen LogP contribution in [0.25, 0.3) is 0 Å². The Bertz CT molecular complexity index is 471. The molecule has 0 fully saturated rings. The van der Waals surface area contributed by atoms with Gasteiger partial charge in [0.05, 0.1) is 24.3 Å². The quantitative estimate of drug-likeness (QED) is 0.523. The van der Waals surface area contributed by atoms with Crippen LogP contribution in [0, 0.1) is 0 Å². The summed E-state index contributed by atoms with van der Waals surface area (Å²) in [7, 11) is 0. The van der Waals surface area contributed by atoms with Gasteiger partial charge < -0.3 is 21.9 Å². The lowest BCUT2D eigenvalue weighted by Gasteiger charge is -2.10. The largest absolute Gasteiger partial charge is 0.477 e. The van der Waals surface area contributed by atoms with Crippen molar-refractivity contribution in [2.45, 2.75) is 12.5 Å². The van der Waals surface area contributed by atoms with Crippen LogP contribution in [-0.4, -0.2) is 33.9 Å². The minimum atomic E-state index is -1.17. The summed E-state index contributed by atoms with van der Waals surface area (Å²) < 4.78 is 0. The maximum absolute atomic E-state index is 11.5. The van der Waals surface area contributed by atoms with E-state index in [9.17, 15) is 14.4 Å². The molecule has 1 atom stereocenters. The zero-order valence-corrected chi connectivity index (χ0v) is 9.29. The van der Waals surface area contributed by atoms with Crippen molar-refractivity contribution in [3.8, 4) is 0 Å². The lowest BCUT2D eigenvalue weighted by Crippen LogP contribution is -2.39. The molecular weight excluding hydrogens is 240 g/mol. The van der Waals surface area contributed by atoms with Gasteiger partial charge >= 0.3 is 5.97 Å². The average Bonchev–Trinajstić information content (AvgIpc) is 2.28. The monoisotopic (exact) mass is 252 g/mol. The third kappa shape index (κ3) is 3.83. The van der Waals surface area contributed by atoms with Gasteiger partial charge in [-0.25, -0.2) is 9.78 Å². The van der Waals surface area contributed by atoms with Crippen LogP contribution in [0.5, 0.6) is 0 Å². The number of pyridine rings is 1. The smallest absolute Gasteiger partial charge is 0.354 e. The highest BCUT2D eigenvalue weighted by Crippen LogP contribution is 2.07. The highest BCUT2D eigenvalue weighted by atomic mass is 16.4. The van der Waals surface area contributed by atoms with Gasteiger partial charge in [-0.3, -0.25) is 9.59 Å². The molecule has 1 heterocycles. The predicted molar refractivity (Wildman–Crippen MR) is 61.6 cm³/mol. The molecule has 8 nitrogen and oxygen atoms in total. The number of nitrogens with two attached hydrogens (primary N) is 2. The molecule has 1 aromatic rings. The van der Waals surface area contributed by atoms with Gasteiger partial charge in [-0.1, -0.05) is 0 Å². The number of rotatable bonds is 5. The number of aromatic carboxylic acids is 1. The van der Waals surface area contributed by atoms with Crippen LogP contribution in [0.15, 0.2) is 18.3 Å². The van der Waals surface area contributed by atoms with E-state index in [0.29, 0.717) is 0 Å². The summed E-state index contributed by atoms with van der Waals surface area (Å²) >= 11 is 0. The molecule has 0 aliphatic rings. The number of anilines is 1. The molecule has 18 heavy (non-hydrogen) atoms. The van der Waals surface area contributed by atoms with Crippen LogP contribution in [-0.2, 0) is 9.59 Å². The van der Waals surface area contributed by atoms with Gasteiger partial charge in [0.1, 0.15) is 5.69 Å². The van der Waals surface area contributed by atoms with Gasteiger partial charge in [-0.05, 0) is 12.1 Å². The Hall–Kier alpha value is -2.48. The first-order valence-electron chi connectivity index (χ1n) is 4.94. The standard InChI is InChI=1S/C10H12N4O4/c11-6(3-8(12)15)9(16)14-5-1-2-7(10(17)18)13-4-5/h1-2,4,6H,3,11H2,(H2,12,15)(H,14,16)(H,17,18). The van der Waals surface area contributed by atoms with Crippen LogP contribution in [0.1, 0.15) is 16.9 Å². The molecule has 1 rings (SSSR count). The first-order valence-corrected chi connectivity index (χ1v) is 4.94. The molecule has 0 spiro atoms. The molecule has 96 valence electrons. The van der Waals surface area contributed by atoms with Crippen LogP contribution in [0.4, 0.5) is 5.69 Å². The average molecular weight is 252 g/mol. The van der Waals surface area contributed by atoms with Gasteiger partial charge in [0, 0.05) is 0 Å². The SMILES string of the molecule is NC(=O)CC(N)C(=O)Nc1ccc(C(=O)O)nc1. The number of hydrogen-bond donors (Lipinski definition) is 4. The Morgan fingerprint density at radius 1 is 1.39 bits per heavy atom. The van der Waals surface area contributed by atoms with Crippen molar-refractivity contribution in [2.75, 3.05) is 5.32 Å².